The van der Waals surface area contributed by atoms with Crippen LogP contribution >= 0.6 is 34.5 Å². The highest BCUT2D eigenvalue weighted by molar-refractivity contribution is 7.07. The molecule has 0 aliphatic carbocycles. The molecule has 0 saturated carbocycles. The third-order valence-corrected chi connectivity index (χ3v) is 4.67. The summed E-state index contributed by atoms with van der Waals surface area (Å²) < 4.78 is 1.77. The zero-order valence-electron chi connectivity index (χ0n) is 12.3. The Bertz CT molecular complexity index is 911. The molecule has 0 saturated heterocycles. The van der Waals surface area contributed by atoms with Crippen molar-refractivity contribution in [2.24, 2.45) is 10.1 Å². The first-order valence-electron chi connectivity index (χ1n) is 6.87. The minimum atomic E-state index is 0.624. The predicted octanol–water partition coefficient (Wildman–Crippen LogP) is 4.94. The van der Waals surface area contributed by atoms with Crippen LogP contribution in [0.2, 0.25) is 10.0 Å². The van der Waals surface area contributed by atoms with Crippen molar-refractivity contribution in [3.05, 3.63) is 74.3 Å². The van der Waals surface area contributed by atoms with Crippen molar-refractivity contribution in [2.75, 3.05) is 7.05 Å². The SMILES string of the molecule is CN=c1scc(-c2cc(Cl)ccc2Cl)n1N=Cc1ccccc1. The third-order valence-electron chi connectivity index (χ3n) is 3.20. The lowest BCUT2D eigenvalue weighted by atomic mass is 10.2. The molecule has 0 radical (unpaired) electrons. The Labute approximate surface area is 148 Å². The predicted molar refractivity (Wildman–Crippen MR) is 98.7 cm³/mol. The molecule has 0 atom stereocenters. The van der Waals surface area contributed by atoms with Crippen molar-refractivity contribution in [2.45, 2.75) is 0 Å². The summed E-state index contributed by atoms with van der Waals surface area (Å²) in [5.74, 6) is 0. The largest absolute Gasteiger partial charge is 0.261 e. The Kier molecular flexibility index (Phi) is 4.96. The monoisotopic (exact) mass is 361 g/mol. The Morgan fingerprint density at radius 2 is 1.87 bits per heavy atom. The van der Waals surface area contributed by atoms with Crippen LogP contribution in [0.15, 0.2) is 64.0 Å². The third kappa shape index (κ3) is 3.55. The fourth-order valence-electron chi connectivity index (χ4n) is 2.11. The van der Waals surface area contributed by atoms with Crippen LogP contribution in [0.25, 0.3) is 11.3 Å². The van der Waals surface area contributed by atoms with Crippen LogP contribution in [-0.2, 0) is 0 Å². The minimum absolute atomic E-state index is 0.624. The van der Waals surface area contributed by atoms with Crippen LogP contribution < -0.4 is 4.80 Å². The second-order valence-electron chi connectivity index (χ2n) is 4.72. The molecule has 0 spiro atoms. The van der Waals surface area contributed by atoms with E-state index in [-0.39, 0.29) is 0 Å². The number of rotatable bonds is 3. The Morgan fingerprint density at radius 3 is 2.61 bits per heavy atom. The number of thiazole rings is 1. The summed E-state index contributed by atoms with van der Waals surface area (Å²) in [4.78, 5) is 5.05. The molecule has 1 heterocycles. The van der Waals surface area contributed by atoms with Crippen molar-refractivity contribution in [1.29, 1.82) is 0 Å². The van der Waals surface area contributed by atoms with Gasteiger partial charge < -0.3 is 0 Å². The van der Waals surface area contributed by atoms with E-state index in [2.05, 4.69) is 10.1 Å². The number of hydrogen-bond donors (Lipinski definition) is 0. The van der Waals surface area contributed by atoms with Gasteiger partial charge in [-0.3, -0.25) is 4.99 Å². The van der Waals surface area contributed by atoms with Gasteiger partial charge in [0.15, 0.2) is 0 Å². The van der Waals surface area contributed by atoms with Gasteiger partial charge in [0, 0.05) is 23.0 Å². The normalized spacial score (nSPS) is 12.2. The number of nitrogens with zero attached hydrogens (tertiary/aromatic N) is 3. The highest BCUT2D eigenvalue weighted by Crippen LogP contribution is 2.30. The maximum absolute atomic E-state index is 6.32. The van der Waals surface area contributed by atoms with Crippen molar-refractivity contribution in [1.82, 2.24) is 4.68 Å². The lowest BCUT2D eigenvalue weighted by Crippen LogP contribution is -2.11. The number of aromatic nitrogens is 1. The van der Waals surface area contributed by atoms with E-state index in [4.69, 9.17) is 23.2 Å². The first kappa shape index (κ1) is 16.0. The van der Waals surface area contributed by atoms with Crippen LogP contribution in [0.5, 0.6) is 0 Å². The zero-order valence-corrected chi connectivity index (χ0v) is 14.6. The first-order valence-corrected chi connectivity index (χ1v) is 8.51. The summed E-state index contributed by atoms with van der Waals surface area (Å²) >= 11 is 13.9. The molecule has 116 valence electrons. The van der Waals surface area contributed by atoms with Gasteiger partial charge in [0.05, 0.1) is 16.9 Å². The van der Waals surface area contributed by atoms with Gasteiger partial charge in [-0.2, -0.15) is 5.10 Å². The van der Waals surface area contributed by atoms with Crippen molar-refractivity contribution in [3.8, 4) is 11.3 Å². The van der Waals surface area contributed by atoms with Crippen LogP contribution in [0.3, 0.4) is 0 Å². The lowest BCUT2D eigenvalue weighted by molar-refractivity contribution is 0.848. The molecular formula is C17H13Cl2N3S. The molecule has 6 heteroatoms. The molecule has 0 unspecified atom stereocenters. The van der Waals surface area contributed by atoms with E-state index in [0.717, 1.165) is 21.6 Å². The van der Waals surface area contributed by atoms with E-state index in [9.17, 15) is 0 Å². The molecule has 0 aliphatic heterocycles. The lowest BCUT2D eigenvalue weighted by Gasteiger charge is -2.06. The van der Waals surface area contributed by atoms with E-state index in [1.165, 1.54) is 11.3 Å². The molecule has 0 amide bonds. The van der Waals surface area contributed by atoms with E-state index in [1.54, 1.807) is 30.1 Å². The van der Waals surface area contributed by atoms with Gasteiger partial charge in [-0.25, -0.2) is 4.68 Å². The van der Waals surface area contributed by atoms with Gasteiger partial charge in [0.25, 0.3) is 0 Å². The van der Waals surface area contributed by atoms with Crippen LogP contribution in [0.4, 0.5) is 0 Å². The summed E-state index contributed by atoms with van der Waals surface area (Å²) in [5, 5.41) is 7.79. The summed E-state index contributed by atoms with van der Waals surface area (Å²) in [5.41, 5.74) is 2.70. The van der Waals surface area contributed by atoms with E-state index < -0.39 is 0 Å². The highest BCUT2D eigenvalue weighted by atomic mass is 35.5. The Balaban J connectivity index is 2.12. The van der Waals surface area contributed by atoms with Gasteiger partial charge in [-0.05, 0) is 23.8 Å². The second kappa shape index (κ2) is 7.13. The molecule has 3 rings (SSSR count). The Morgan fingerprint density at radius 1 is 1.09 bits per heavy atom. The van der Waals surface area contributed by atoms with Gasteiger partial charge in [-0.1, -0.05) is 53.5 Å². The molecule has 0 aliphatic rings. The summed E-state index contributed by atoms with van der Waals surface area (Å²) in [7, 11) is 1.74. The van der Waals surface area contributed by atoms with Crippen LogP contribution in [-0.4, -0.2) is 17.9 Å². The van der Waals surface area contributed by atoms with E-state index >= 15 is 0 Å². The highest BCUT2D eigenvalue weighted by Gasteiger charge is 2.11. The van der Waals surface area contributed by atoms with Crippen molar-refractivity contribution >= 4 is 40.8 Å². The molecule has 1 aromatic heterocycles. The maximum atomic E-state index is 6.32. The molecule has 0 bridgehead atoms. The standard InChI is InChI=1S/C17H13Cl2N3S/c1-20-17-22(21-10-12-5-3-2-4-6-12)16(11-23-17)14-9-13(18)7-8-15(14)19/h2-11H,1H3. The quantitative estimate of drug-likeness (QED) is 0.591. The van der Waals surface area contributed by atoms with Crippen molar-refractivity contribution in [3.63, 3.8) is 0 Å². The number of benzene rings is 2. The molecular weight excluding hydrogens is 349 g/mol. The molecule has 0 N–H and O–H groups in total. The van der Waals surface area contributed by atoms with Gasteiger partial charge in [0.1, 0.15) is 0 Å². The Hall–Kier alpha value is -1.88. The van der Waals surface area contributed by atoms with E-state index in [1.807, 2.05) is 41.8 Å². The number of hydrogen-bond acceptors (Lipinski definition) is 3. The fourth-order valence-corrected chi connectivity index (χ4v) is 3.29. The molecule has 3 nitrogen and oxygen atoms in total. The molecule has 2 aromatic carbocycles. The summed E-state index contributed by atoms with van der Waals surface area (Å²) in [6.07, 6.45) is 1.79. The summed E-state index contributed by atoms with van der Waals surface area (Å²) in [6, 6.07) is 15.3. The zero-order chi connectivity index (χ0) is 16.2. The average Bonchev–Trinajstić information content (AvgIpc) is 2.99. The maximum Gasteiger partial charge on any atom is 0.205 e. The average molecular weight is 362 g/mol. The van der Waals surface area contributed by atoms with Crippen LogP contribution in [0.1, 0.15) is 5.56 Å². The number of halogens is 2. The second-order valence-corrected chi connectivity index (χ2v) is 6.40. The molecule has 3 aromatic rings. The summed E-state index contributed by atoms with van der Waals surface area (Å²) in [6.45, 7) is 0. The van der Waals surface area contributed by atoms with Gasteiger partial charge in [0.2, 0.25) is 4.80 Å². The molecule has 23 heavy (non-hydrogen) atoms. The fraction of sp³-hybridized carbons (Fsp3) is 0.0588. The van der Waals surface area contributed by atoms with Gasteiger partial charge in [-0.15, -0.1) is 11.3 Å². The minimum Gasteiger partial charge on any atom is -0.261 e. The van der Waals surface area contributed by atoms with E-state index in [0.29, 0.717) is 10.0 Å². The van der Waals surface area contributed by atoms with Gasteiger partial charge >= 0.3 is 0 Å². The topological polar surface area (TPSA) is 29.6 Å². The van der Waals surface area contributed by atoms with Crippen LogP contribution in [0, 0.1) is 0 Å². The molecule has 0 fully saturated rings. The first-order chi connectivity index (χ1) is 11.2. The van der Waals surface area contributed by atoms with Crippen molar-refractivity contribution < 1.29 is 0 Å². The smallest absolute Gasteiger partial charge is 0.205 e.